The Balaban J connectivity index is 2.50. The average Bonchev–Trinajstić information content (AvgIpc) is 2.08. The Bertz CT molecular complexity index is 191. The maximum Gasteiger partial charge on any atom is 0.225 e. The Morgan fingerprint density at radius 2 is 2.15 bits per heavy atom. The number of hydrogen-bond donors (Lipinski definition) is 1. The second kappa shape index (κ2) is 4.09. The maximum atomic E-state index is 11.6. The zero-order valence-corrected chi connectivity index (χ0v) is 8.79. The molecule has 1 aliphatic rings. The summed E-state index contributed by atoms with van der Waals surface area (Å²) in [5.41, 5.74) is 5.88. The molecule has 0 aromatic heterocycles. The van der Waals surface area contributed by atoms with Crippen molar-refractivity contribution in [3.8, 4) is 0 Å². The molecule has 0 saturated carbocycles. The van der Waals surface area contributed by atoms with Gasteiger partial charge < -0.3 is 10.6 Å². The van der Waals surface area contributed by atoms with Crippen LogP contribution >= 0.6 is 0 Å². The fraction of sp³-hybridized carbons (Fsp3) is 0.900. The smallest absolute Gasteiger partial charge is 0.225 e. The fourth-order valence-electron chi connectivity index (χ4n) is 1.73. The van der Waals surface area contributed by atoms with Crippen molar-refractivity contribution < 1.29 is 4.79 Å². The monoisotopic (exact) mass is 184 g/mol. The number of carbonyl (C=O) groups excluding carboxylic acids is 1. The van der Waals surface area contributed by atoms with Gasteiger partial charge in [0.1, 0.15) is 0 Å². The summed E-state index contributed by atoms with van der Waals surface area (Å²) in [7, 11) is 0. The third kappa shape index (κ3) is 2.44. The highest BCUT2D eigenvalue weighted by Crippen LogP contribution is 2.16. The van der Waals surface area contributed by atoms with Crippen molar-refractivity contribution in [2.45, 2.75) is 33.2 Å². The lowest BCUT2D eigenvalue weighted by Gasteiger charge is -2.36. The van der Waals surface area contributed by atoms with E-state index >= 15 is 0 Å². The minimum atomic E-state index is 0.113. The second-order valence-electron chi connectivity index (χ2n) is 4.37. The van der Waals surface area contributed by atoms with E-state index in [9.17, 15) is 4.79 Å². The molecule has 0 unspecified atom stereocenters. The third-order valence-corrected chi connectivity index (χ3v) is 2.78. The molecule has 0 radical (unpaired) electrons. The van der Waals surface area contributed by atoms with Crippen LogP contribution in [0.5, 0.6) is 0 Å². The van der Waals surface area contributed by atoms with E-state index in [1.807, 2.05) is 18.7 Å². The van der Waals surface area contributed by atoms with E-state index in [4.69, 9.17) is 5.73 Å². The summed E-state index contributed by atoms with van der Waals surface area (Å²) in [6, 6.07) is 0.274. The van der Waals surface area contributed by atoms with E-state index in [1.165, 1.54) is 0 Å². The standard InChI is InChI=1S/C10H20N2O/c1-7(2)10(13)12-5-4-9(11)8(3)6-12/h7-9H,4-6,11H2,1-3H3/t8-,9-/m0/s1. The number of hydrogen-bond acceptors (Lipinski definition) is 2. The summed E-state index contributed by atoms with van der Waals surface area (Å²) in [5, 5.41) is 0. The van der Waals surface area contributed by atoms with Gasteiger partial charge in [-0.3, -0.25) is 4.79 Å². The van der Waals surface area contributed by atoms with Crippen LogP contribution in [0.2, 0.25) is 0 Å². The summed E-state index contributed by atoms with van der Waals surface area (Å²) in [6.45, 7) is 7.67. The molecule has 1 aliphatic heterocycles. The quantitative estimate of drug-likeness (QED) is 0.656. The van der Waals surface area contributed by atoms with Gasteiger partial charge in [-0.2, -0.15) is 0 Å². The predicted octanol–water partition coefficient (Wildman–Crippen LogP) is 0.838. The number of nitrogens with two attached hydrogens (primary N) is 1. The molecule has 2 atom stereocenters. The van der Waals surface area contributed by atoms with Crippen molar-refractivity contribution in [1.82, 2.24) is 4.90 Å². The van der Waals surface area contributed by atoms with Crippen molar-refractivity contribution >= 4 is 5.91 Å². The molecule has 1 fully saturated rings. The van der Waals surface area contributed by atoms with Crippen LogP contribution in [0.25, 0.3) is 0 Å². The summed E-state index contributed by atoms with van der Waals surface area (Å²) in [4.78, 5) is 13.6. The van der Waals surface area contributed by atoms with Crippen molar-refractivity contribution in [2.24, 2.45) is 17.6 Å². The molecule has 1 rings (SSSR count). The number of nitrogens with zero attached hydrogens (tertiary/aromatic N) is 1. The molecule has 0 bridgehead atoms. The molecule has 1 amide bonds. The molecule has 3 nitrogen and oxygen atoms in total. The van der Waals surface area contributed by atoms with Gasteiger partial charge in [0.15, 0.2) is 0 Å². The first-order valence-electron chi connectivity index (χ1n) is 5.06. The van der Waals surface area contributed by atoms with Crippen LogP contribution in [0.4, 0.5) is 0 Å². The Morgan fingerprint density at radius 3 is 2.62 bits per heavy atom. The first-order chi connectivity index (χ1) is 6.02. The van der Waals surface area contributed by atoms with Gasteiger partial charge in [0.25, 0.3) is 0 Å². The number of rotatable bonds is 1. The first kappa shape index (κ1) is 10.5. The van der Waals surface area contributed by atoms with E-state index in [2.05, 4.69) is 6.92 Å². The van der Waals surface area contributed by atoms with Crippen LogP contribution in [0.1, 0.15) is 27.2 Å². The highest BCUT2D eigenvalue weighted by Gasteiger charge is 2.27. The van der Waals surface area contributed by atoms with Crippen LogP contribution in [0.15, 0.2) is 0 Å². The second-order valence-corrected chi connectivity index (χ2v) is 4.37. The number of carbonyl (C=O) groups is 1. The highest BCUT2D eigenvalue weighted by atomic mass is 16.2. The van der Waals surface area contributed by atoms with Crippen LogP contribution < -0.4 is 5.73 Å². The van der Waals surface area contributed by atoms with E-state index in [0.717, 1.165) is 19.5 Å². The highest BCUT2D eigenvalue weighted by molar-refractivity contribution is 5.78. The molecule has 0 aliphatic carbocycles. The van der Waals surface area contributed by atoms with Gasteiger partial charge in [0.05, 0.1) is 0 Å². The van der Waals surface area contributed by atoms with Crippen LogP contribution in [-0.2, 0) is 4.79 Å². The number of likely N-dealkylation sites (tertiary alicyclic amines) is 1. The van der Waals surface area contributed by atoms with Gasteiger partial charge in [-0.15, -0.1) is 0 Å². The molecular weight excluding hydrogens is 164 g/mol. The maximum absolute atomic E-state index is 11.6. The largest absolute Gasteiger partial charge is 0.342 e. The van der Waals surface area contributed by atoms with Crippen LogP contribution in [0.3, 0.4) is 0 Å². The molecule has 13 heavy (non-hydrogen) atoms. The Morgan fingerprint density at radius 1 is 1.54 bits per heavy atom. The zero-order valence-electron chi connectivity index (χ0n) is 8.79. The first-order valence-corrected chi connectivity index (χ1v) is 5.06. The lowest BCUT2D eigenvalue weighted by molar-refractivity contribution is -0.136. The van der Waals surface area contributed by atoms with Gasteiger partial charge >= 0.3 is 0 Å². The van der Waals surface area contributed by atoms with Crippen molar-refractivity contribution in [1.29, 1.82) is 0 Å². The van der Waals surface area contributed by atoms with Crippen LogP contribution in [0, 0.1) is 11.8 Å². The topological polar surface area (TPSA) is 46.3 Å². The summed E-state index contributed by atoms with van der Waals surface area (Å²) >= 11 is 0. The van der Waals surface area contributed by atoms with Crippen LogP contribution in [-0.4, -0.2) is 29.9 Å². The summed E-state index contributed by atoms with van der Waals surface area (Å²) in [6.07, 6.45) is 0.944. The summed E-state index contributed by atoms with van der Waals surface area (Å²) in [5.74, 6) is 0.816. The Kier molecular flexibility index (Phi) is 3.31. The van der Waals surface area contributed by atoms with Gasteiger partial charge in [0, 0.05) is 25.0 Å². The molecule has 1 heterocycles. The zero-order chi connectivity index (χ0) is 10.0. The fourth-order valence-corrected chi connectivity index (χ4v) is 1.73. The van der Waals surface area contributed by atoms with Crippen molar-refractivity contribution in [3.05, 3.63) is 0 Å². The number of amides is 1. The molecule has 1 saturated heterocycles. The minimum absolute atomic E-state index is 0.113. The summed E-state index contributed by atoms with van der Waals surface area (Å²) < 4.78 is 0. The lowest BCUT2D eigenvalue weighted by atomic mass is 9.94. The molecular formula is C10H20N2O. The third-order valence-electron chi connectivity index (χ3n) is 2.78. The number of piperidine rings is 1. The average molecular weight is 184 g/mol. The molecule has 2 N–H and O–H groups in total. The van der Waals surface area contributed by atoms with Crippen molar-refractivity contribution in [2.75, 3.05) is 13.1 Å². The van der Waals surface area contributed by atoms with Gasteiger partial charge in [-0.05, 0) is 12.3 Å². The predicted molar refractivity (Wildman–Crippen MR) is 53.2 cm³/mol. The van der Waals surface area contributed by atoms with E-state index < -0.39 is 0 Å². The molecule has 76 valence electrons. The SMILES string of the molecule is CC(C)C(=O)N1CC[C@H](N)[C@@H](C)C1. The molecule has 3 heteroatoms. The molecule has 0 aromatic rings. The Labute approximate surface area is 80.3 Å². The van der Waals surface area contributed by atoms with Gasteiger partial charge in [-0.1, -0.05) is 20.8 Å². The van der Waals surface area contributed by atoms with Gasteiger partial charge in [0.2, 0.25) is 5.91 Å². The minimum Gasteiger partial charge on any atom is -0.342 e. The van der Waals surface area contributed by atoms with Gasteiger partial charge in [-0.25, -0.2) is 0 Å². The van der Waals surface area contributed by atoms with E-state index in [1.54, 1.807) is 0 Å². The van der Waals surface area contributed by atoms with Crippen molar-refractivity contribution in [3.63, 3.8) is 0 Å². The van der Waals surface area contributed by atoms with E-state index in [-0.39, 0.29) is 17.9 Å². The molecule has 0 spiro atoms. The normalized spacial score (nSPS) is 29.5. The Hall–Kier alpha value is -0.570. The van der Waals surface area contributed by atoms with E-state index in [0.29, 0.717) is 5.92 Å². The lowest BCUT2D eigenvalue weighted by Crippen LogP contribution is -2.49. The molecule has 0 aromatic carbocycles.